The van der Waals surface area contributed by atoms with Gasteiger partial charge >= 0.3 is 5.97 Å². The molecule has 0 aromatic carbocycles. The summed E-state index contributed by atoms with van der Waals surface area (Å²) >= 11 is 0. The number of hydrogen-bond donors (Lipinski definition) is 1. The maximum atomic E-state index is 10.4. The Bertz CT molecular complexity index is 166. The maximum absolute atomic E-state index is 10.4. The highest BCUT2D eigenvalue weighted by molar-refractivity contribution is 5.87. The lowest BCUT2D eigenvalue weighted by Crippen LogP contribution is -2.25. The van der Waals surface area contributed by atoms with E-state index in [0.29, 0.717) is 0 Å². The Labute approximate surface area is 64.5 Å². The molecule has 0 aliphatic carbocycles. The second-order valence-electron chi connectivity index (χ2n) is 1.56. The number of carbonyl (C=O) groups excluding carboxylic acids is 2. The van der Waals surface area contributed by atoms with Crippen molar-refractivity contribution < 1.29 is 14.3 Å². The van der Waals surface area contributed by atoms with Crippen LogP contribution in [0.1, 0.15) is 0 Å². The zero-order valence-electron chi connectivity index (χ0n) is 6.00. The third-order valence-corrected chi connectivity index (χ3v) is 0.813. The van der Waals surface area contributed by atoms with Gasteiger partial charge in [-0.2, -0.15) is 0 Å². The fraction of sp³-hybridized carbons (Fsp3) is 0.143. The van der Waals surface area contributed by atoms with Crippen molar-refractivity contribution in [2.75, 3.05) is 6.73 Å². The molecule has 0 aliphatic heterocycles. The van der Waals surface area contributed by atoms with Crippen LogP contribution < -0.4 is 5.32 Å². The Balaban J connectivity index is 3.41. The van der Waals surface area contributed by atoms with Crippen LogP contribution in [0.3, 0.4) is 0 Å². The Morgan fingerprint density at radius 3 is 2.45 bits per heavy atom. The van der Waals surface area contributed by atoms with Crippen LogP contribution >= 0.6 is 0 Å². The zero-order valence-corrected chi connectivity index (χ0v) is 6.00. The van der Waals surface area contributed by atoms with Crippen molar-refractivity contribution in [2.24, 2.45) is 0 Å². The predicted molar refractivity (Wildman–Crippen MR) is 39.5 cm³/mol. The number of nitrogens with one attached hydrogen (secondary N) is 1. The molecule has 0 aromatic heterocycles. The average Bonchev–Trinajstić information content (AvgIpc) is 2.04. The number of amides is 1. The van der Waals surface area contributed by atoms with Crippen LogP contribution in [0.5, 0.6) is 0 Å². The van der Waals surface area contributed by atoms with Crippen molar-refractivity contribution in [2.45, 2.75) is 0 Å². The third kappa shape index (κ3) is 4.90. The van der Waals surface area contributed by atoms with Crippen LogP contribution in [0.25, 0.3) is 0 Å². The van der Waals surface area contributed by atoms with E-state index in [1.165, 1.54) is 0 Å². The number of carbonyl (C=O) groups is 2. The van der Waals surface area contributed by atoms with E-state index < -0.39 is 5.97 Å². The van der Waals surface area contributed by atoms with E-state index in [4.69, 9.17) is 0 Å². The number of esters is 1. The Morgan fingerprint density at radius 2 is 2.00 bits per heavy atom. The summed E-state index contributed by atoms with van der Waals surface area (Å²) < 4.78 is 4.43. The molecular weight excluding hydrogens is 146 g/mol. The minimum Gasteiger partial charge on any atom is -0.441 e. The highest BCUT2D eigenvalue weighted by Gasteiger charge is 1.95. The van der Waals surface area contributed by atoms with Gasteiger partial charge in [0.15, 0.2) is 6.73 Å². The number of hydrogen-bond acceptors (Lipinski definition) is 3. The van der Waals surface area contributed by atoms with Gasteiger partial charge in [-0.05, 0) is 6.08 Å². The normalized spacial score (nSPS) is 8.00. The largest absolute Gasteiger partial charge is 0.441 e. The molecule has 0 atom stereocenters. The van der Waals surface area contributed by atoms with E-state index in [1.54, 1.807) is 0 Å². The van der Waals surface area contributed by atoms with Crippen LogP contribution in [0, 0.1) is 0 Å². The van der Waals surface area contributed by atoms with Crippen molar-refractivity contribution >= 4 is 11.9 Å². The van der Waals surface area contributed by atoms with Crippen LogP contribution in [0.15, 0.2) is 25.3 Å². The Kier molecular flexibility index (Phi) is 4.47. The smallest absolute Gasteiger partial charge is 0.331 e. The van der Waals surface area contributed by atoms with Crippen molar-refractivity contribution in [3.63, 3.8) is 0 Å². The third-order valence-electron chi connectivity index (χ3n) is 0.813. The SMILES string of the molecule is C=CC(=O)NCOC(=O)C=C. The van der Waals surface area contributed by atoms with Crippen LogP contribution in [0.2, 0.25) is 0 Å². The van der Waals surface area contributed by atoms with Gasteiger partial charge in [-0.3, -0.25) is 4.79 Å². The van der Waals surface area contributed by atoms with Gasteiger partial charge in [0.05, 0.1) is 0 Å². The first-order valence-corrected chi connectivity index (χ1v) is 2.90. The first-order chi connectivity index (χ1) is 5.20. The molecule has 0 saturated carbocycles. The summed E-state index contributed by atoms with van der Waals surface area (Å²) in [5.74, 6) is -0.962. The fourth-order valence-corrected chi connectivity index (χ4v) is 0.309. The molecule has 1 N–H and O–H groups in total. The van der Waals surface area contributed by atoms with Crippen LogP contribution in [0.4, 0.5) is 0 Å². The Hall–Kier alpha value is -1.58. The molecule has 0 bridgehead atoms. The predicted octanol–water partition coefficient (Wildman–Crippen LogP) is -0.0247. The van der Waals surface area contributed by atoms with E-state index in [9.17, 15) is 9.59 Å². The maximum Gasteiger partial charge on any atom is 0.331 e. The van der Waals surface area contributed by atoms with Crippen molar-refractivity contribution in [1.29, 1.82) is 0 Å². The highest BCUT2D eigenvalue weighted by Crippen LogP contribution is 1.75. The molecule has 0 radical (unpaired) electrons. The number of rotatable bonds is 4. The minimum absolute atomic E-state index is 0.157. The first-order valence-electron chi connectivity index (χ1n) is 2.90. The van der Waals surface area contributed by atoms with Gasteiger partial charge in [0.25, 0.3) is 0 Å². The summed E-state index contributed by atoms with van der Waals surface area (Å²) in [4.78, 5) is 20.8. The molecule has 11 heavy (non-hydrogen) atoms. The van der Waals surface area contributed by atoms with Gasteiger partial charge in [-0.1, -0.05) is 13.2 Å². The quantitative estimate of drug-likeness (QED) is 0.352. The second-order valence-corrected chi connectivity index (χ2v) is 1.56. The molecule has 0 aliphatic rings. The summed E-state index contributed by atoms with van der Waals surface area (Å²) in [7, 11) is 0. The van der Waals surface area contributed by atoms with Crippen LogP contribution in [-0.4, -0.2) is 18.6 Å². The van der Waals surface area contributed by atoms with Gasteiger partial charge in [0, 0.05) is 6.08 Å². The van der Waals surface area contributed by atoms with E-state index in [-0.39, 0.29) is 12.6 Å². The molecule has 0 saturated heterocycles. The van der Waals surface area contributed by atoms with Crippen molar-refractivity contribution in [3.05, 3.63) is 25.3 Å². The molecule has 4 heteroatoms. The molecule has 0 unspecified atom stereocenters. The fourth-order valence-electron chi connectivity index (χ4n) is 0.309. The molecular formula is C7H9NO3. The molecule has 60 valence electrons. The molecule has 0 heterocycles. The van der Waals surface area contributed by atoms with Gasteiger partial charge in [0.1, 0.15) is 0 Å². The molecule has 0 fully saturated rings. The molecule has 0 rings (SSSR count). The van der Waals surface area contributed by atoms with Crippen molar-refractivity contribution in [3.8, 4) is 0 Å². The first kappa shape index (κ1) is 9.42. The lowest BCUT2D eigenvalue weighted by atomic mass is 10.6. The molecule has 0 aromatic rings. The monoisotopic (exact) mass is 155 g/mol. The van der Waals surface area contributed by atoms with Gasteiger partial charge in [-0.15, -0.1) is 0 Å². The highest BCUT2D eigenvalue weighted by atomic mass is 16.5. The summed E-state index contributed by atoms with van der Waals surface area (Å²) in [5.41, 5.74) is 0. The molecule has 0 spiro atoms. The second kappa shape index (κ2) is 5.22. The summed E-state index contributed by atoms with van der Waals surface area (Å²) in [6.45, 7) is 6.22. The molecule has 4 nitrogen and oxygen atoms in total. The number of ether oxygens (including phenoxy) is 1. The lowest BCUT2D eigenvalue weighted by Gasteiger charge is -2.00. The summed E-state index contributed by atoms with van der Waals surface area (Å²) in [6.07, 6.45) is 2.10. The van der Waals surface area contributed by atoms with Gasteiger partial charge in [0.2, 0.25) is 5.91 Å². The van der Waals surface area contributed by atoms with Crippen LogP contribution in [-0.2, 0) is 14.3 Å². The van der Waals surface area contributed by atoms with E-state index in [1.807, 2.05) is 0 Å². The van der Waals surface area contributed by atoms with Gasteiger partial charge < -0.3 is 10.1 Å². The van der Waals surface area contributed by atoms with E-state index >= 15 is 0 Å². The standard InChI is InChI=1S/C7H9NO3/c1-3-6(9)8-5-11-7(10)4-2/h3-4H,1-2,5H2,(H,8,9). The average molecular weight is 155 g/mol. The Morgan fingerprint density at radius 1 is 1.36 bits per heavy atom. The van der Waals surface area contributed by atoms with Gasteiger partial charge in [-0.25, -0.2) is 4.79 Å². The summed E-state index contributed by atoms with van der Waals surface area (Å²) in [5, 5.41) is 2.25. The molecule has 1 amide bonds. The summed E-state index contributed by atoms with van der Waals surface area (Å²) in [6, 6.07) is 0. The van der Waals surface area contributed by atoms with Crippen molar-refractivity contribution in [1.82, 2.24) is 5.32 Å². The zero-order chi connectivity index (χ0) is 8.69. The lowest BCUT2D eigenvalue weighted by molar-refractivity contribution is -0.139. The van der Waals surface area contributed by atoms with E-state index in [0.717, 1.165) is 12.2 Å². The topological polar surface area (TPSA) is 55.4 Å². The minimum atomic E-state index is -0.575. The van der Waals surface area contributed by atoms with E-state index in [2.05, 4.69) is 23.2 Å².